The van der Waals surface area contributed by atoms with Gasteiger partial charge in [0.1, 0.15) is 0 Å². The van der Waals surface area contributed by atoms with Crippen molar-refractivity contribution in [1.82, 2.24) is 10.6 Å². The Morgan fingerprint density at radius 1 is 1.29 bits per heavy atom. The Labute approximate surface area is 140 Å². The van der Waals surface area contributed by atoms with E-state index in [0.29, 0.717) is 31.2 Å². The molecule has 0 aromatic heterocycles. The van der Waals surface area contributed by atoms with Crippen LogP contribution >= 0.6 is 0 Å². The van der Waals surface area contributed by atoms with Gasteiger partial charge in [-0.2, -0.15) is 13.2 Å². The molecule has 0 saturated heterocycles. The van der Waals surface area contributed by atoms with E-state index in [2.05, 4.69) is 15.6 Å². The molecule has 2 N–H and O–H groups in total. The Hall–Kier alpha value is -1.76. The summed E-state index contributed by atoms with van der Waals surface area (Å²) in [6.07, 6.45) is -1.82. The number of halogens is 3. The minimum absolute atomic E-state index is 0.183. The number of hydrogen-bond donors (Lipinski definition) is 2. The highest BCUT2D eigenvalue weighted by molar-refractivity contribution is 5.79. The Bertz CT molecular complexity index is 542. The second-order valence-corrected chi connectivity index (χ2v) is 5.84. The molecule has 0 atom stereocenters. The Kier molecular flexibility index (Phi) is 6.90. The van der Waals surface area contributed by atoms with Gasteiger partial charge in [-0.3, -0.25) is 0 Å². The third kappa shape index (κ3) is 6.78. The molecule has 1 aromatic rings. The number of guanidine groups is 1. The van der Waals surface area contributed by atoms with Gasteiger partial charge < -0.3 is 15.4 Å². The van der Waals surface area contributed by atoms with Crippen LogP contribution in [0.3, 0.4) is 0 Å². The first-order valence-electron chi connectivity index (χ1n) is 8.25. The van der Waals surface area contributed by atoms with Crippen molar-refractivity contribution in [2.45, 2.75) is 32.5 Å². The van der Waals surface area contributed by atoms with Gasteiger partial charge in [0.2, 0.25) is 0 Å². The van der Waals surface area contributed by atoms with E-state index in [1.807, 2.05) is 6.92 Å². The van der Waals surface area contributed by atoms with Crippen LogP contribution in [0.1, 0.15) is 30.9 Å². The lowest BCUT2D eigenvalue weighted by molar-refractivity contribution is -0.137. The molecule has 0 radical (unpaired) electrons. The second kappa shape index (κ2) is 8.92. The van der Waals surface area contributed by atoms with Gasteiger partial charge in [0, 0.05) is 19.7 Å². The molecule has 1 aromatic carbocycles. The number of benzene rings is 1. The maximum absolute atomic E-state index is 12.7. The lowest BCUT2D eigenvalue weighted by Crippen LogP contribution is -2.39. The molecule has 1 fully saturated rings. The van der Waals surface area contributed by atoms with Gasteiger partial charge in [-0.25, -0.2) is 4.99 Å². The Balaban J connectivity index is 1.82. The van der Waals surface area contributed by atoms with Crippen molar-refractivity contribution in [3.63, 3.8) is 0 Å². The standard InChI is InChI=1S/C17H24F3N3O/c1-2-21-16(22-8-9-24-12-13-6-7-13)23-11-14-4-3-5-15(10-14)17(18,19)20/h3-5,10,13H,2,6-9,11-12H2,1H3,(H2,21,22,23). The highest BCUT2D eigenvalue weighted by atomic mass is 19.4. The van der Waals surface area contributed by atoms with Gasteiger partial charge in [-0.15, -0.1) is 0 Å². The van der Waals surface area contributed by atoms with E-state index >= 15 is 0 Å². The first-order chi connectivity index (χ1) is 11.5. The zero-order chi connectivity index (χ0) is 17.4. The maximum atomic E-state index is 12.7. The average Bonchev–Trinajstić information content (AvgIpc) is 3.36. The largest absolute Gasteiger partial charge is 0.416 e. The Morgan fingerprint density at radius 3 is 2.75 bits per heavy atom. The van der Waals surface area contributed by atoms with Crippen molar-refractivity contribution in [2.24, 2.45) is 10.9 Å². The molecule has 0 amide bonds. The van der Waals surface area contributed by atoms with E-state index < -0.39 is 11.7 Å². The molecule has 1 aliphatic carbocycles. The molecule has 1 saturated carbocycles. The van der Waals surface area contributed by atoms with Crippen molar-refractivity contribution in [1.29, 1.82) is 0 Å². The first-order valence-corrected chi connectivity index (χ1v) is 8.25. The van der Waals surface area contributed by atoms with Gasteiger partial charge in [0.25, 0.3) is 0 Å². The van der Waals surface area contributed by atoms with Crippen molar-refractivity contribution in [2.75, 3.05) is 26.3 Å². The number of alkyl halides is 3. The fourth-order valence-corrected chi connectivity index (χ4v) is 2.13. The summed E-state index contributed by atoms with van der Waals surface area (Å²) in [7, 11) is 0. The highest BCUT2D eigenvalue weighted by Crippen LogP contribution is 2.29. The van der Waals surface area contributed by atoms with Gasteiger partial charge in [-0.1, -0.05) is 12.1 Å². The van der Waals surface area contributed by atoms with Gasteiger partial charge in [0.05, 0.1) is 18.7 Å². The molecule has 7 heteroatoms. The molecule has 0 spiro atoms. The normalized spacial score (nSPS) is 15.4. The molecule has 0 bridgehead atoms. The van der Waals surface area contributed by atoms with Crippen LogP contribution in [0.25, 0.3) is 0 Å². The number of aliphatic imine (C=N–C) groups is 1. The van der Waals surface area contributed by atoms with Crippen LogP contribution < -0.4 is 10.6 Å². The van der Waals surface area contributed by atoms with Crippen molar-refractivity contribution in [3.05, 3.63) is 35.4 Å². The zero-order valence-electron chi connectivity index (χ0n) is 13.8. The third-order valence-electron chi connectivity index (χ3n) is 3.61. The number of nitrogens with one attached hydrogen (secondary N) is 2. The molecular weight excluding hydrogens is 319 g/mol. The van der Waals surface area contributed by atoms with E-state index in [1.165, 1.54) is 18.9 Å². The van der Waals surface area contributed by atoms with Crippen LogP contribution in [-0.4, -0.2) is 32.3 Å². The number of rotatable bonds is 8. The summed E-state index contributed by atoms with van der Waals surface area (Å²) in [4.78, 5) is 4.32. The average molecular weight is 343 g/mol. The molecule has 0 heterocycles. The summed E-state index contributed by atoms with van der Waals surface area (Å²) in [5.41, 5.74) is -0.131. The molecule has 2 rings (SSSR count). The number of nitrogens with zero attached hydrogens (tertiary/aromatic N) is 1. The van der Waals surface area contributed by atoms with E-state index in [1.54, 1.807) is 6.07 Å². The zero-order valence-corrected chi connectivity index (χ0v) is 13.8. The highest BCUT2D eigenvalue weighted by Gasteiger charge is 2.30. The van der Waals surface area contributed by atoms with Crippen molar-refractivity contribution in [3.8, 4) is 0 Å². The quantitative estimate of drug-likeness (QED) is 0.433. The number of hydrogen-bond acceptors (Lipinski definition) is 2. The molecule has 4 nitrogen and oxygen atoms in total. The molecule has 0 unspecified atom stereocenters. The first kappa shape index (κ1) is 18.6. The topological polar surface area (TPSA) is 45.7 Å². The molecule has 0 aliphatic heterocycles. The summed E-state index contributed by atoms with van der Waals surface area (Å²) < 4.78 is 43.7. The molecule has 134 valence electrons. The summed E-state index contributed by atoms with van der Waals surface area (Å²) >= 11 is 0. The summed E-state index contributed by atoms with van der Waals surface area (Å²) in [5.74, 6) is 1.30. The predicted molar refractivity (Wildman–Crippen MR) is 87.8 cm³/mol. The minimum atomic E-state index is -4.33. The Morgan fingerprint density at radius 2 is 2.08 bits per heavy atom. The fourth-order valence-electron chi connectivity index (χ4n) is 2.13. The predicted octanol–water partition coefficient (Wildman–Crippen LogP) is 3.19. The van der Waals surface area contributed by atoms with Gasteiger partial charge in [0.15, 0.2) is 5.96 Å². The molecule has 1 aliphatic rings. The maximum Gasteiger partial charge on any atom is 0.416 e. The fraction of sp³-hybridized carbons (Fsp3) is 0.588. The van der Waals surface area contributed by atoms with Crippen LogP contribution in [0.5, 0.6) is 0 Å². The van der Waals surface area contributed by atoms with Crippen molar-refractivity contribution >= 4 is 5.96 Å². The van der Waals surface area contributed by atoms with Crippen LogP contribution in [0, 0.1) is 5.92 Å². The second-order valence-electron chi connectivity index (χ2n) is 5.84. The minimum Gasteiger partial charge on any atom is -0.379 e. The summed E-state index contributed by atoms with van der Waals surface area (Å²) in [6.45, 7) is 4.80. The van der Waals surface area contributed by atoms with Crippen molar-refractivity contribution < 1.29 is 17.9 Å². The number of ether oxygens (including phenoxy) is 1. The summed E-state index contributed by atoms with van der Waals surface area (Å²) in [6, 6.07) is 5.24. The molecular formula is C17H24F3N3O. The van der Waals surface area contributed by atoms with Crippen LogP contribution in [-0.2, 0) is 17.5 Å². The van der Waals surface area contributed by atoms with Crippen LogP contribution in [0.4, 0.5) is 13.2 Å². The SMILES string of the molecule is CCNC(=NCc1cccc(C(F)(F)F)c1)NCCOCC1CC1. The van der Waals surface area contributed by atoms with E-state index in [0.717, 1.165) is 24.7 Å². The molecule has 24 heavy (non-hydrogen) atoms. The van der Waals surface area contributed by atoms with E-state index in [4.69, 9.17) is 4.74 Å². The van der Waals surface area contributed by atoms with Crippen LogP contribution in [0.15, 0.2) is 29.3 Å². The lowest BCUT2D eigenvalue weighted by atomic mass is 10.1. The smallest absolute Gasteiger partial charge is 0.379 e. The van der Waals surface area contributed by atoms with Gasteiger partial charge >= 0.3 is 6.18 Å². The lowest BCUT2D eigenvalue weighted by Gasteiger charge is -2.12. The van der Waals surface area contributed by atoms with E-state index in [-0.39, 0.29) is 6.54 Å². The van der Waals surface area contributed by atoms with Crippen LogP contribution in [0.2, 0.25) is 0 Å². The van der Waals surface area contributed by atoms with E-state index in [9.17, 15) is 13.2 Å². The van der Waals surface area contributed by atoms with Gasteiger partial charge in [-0.05, 0) is 43.4 Å². The monoisotopic (exact) mass is 343 g/mol. The summed E-state index contributed by atoms with van der Waals surface area (Å²) in [5, 5.41) is 6.19. The third-order valence-corrected chi connectivity index (χ3v) is 3.61.